The van der Waals surface area contributed by atoms with Crippen LogP contribution in [0.15, 0.2) is 48.5 Å². The second-order valence-electron chi connectivity index (χ2n) is 6.22. The maximum absolute atomic E-state index is 12.4. The van der Waals surface area contributed by atoms with E-state index in [-0.39, 0.29) is 11.9 Å². The van der Waals surface area contributed by atoms with Crippen molar-refractivity contribution in [1.82, 2.24) is 10.2 Å². The van der Waals surface area contributed by atoms with Crippen molar-refractivity contribution >= 4 is 17.5 Å². The number of nitrogens with zero attached hydrogens (tertiary/aromatic N) is 1. The lowest BCUT2D eigenvalue weighted by Gasteiger charge is -2.26. The Morgan fingerprint density at radius 2 is 1.85 bits per heavy atom. The quantitative estimate of drug-likeness (QED) is 0.765. The highest BCUT2D eigenvalue weighted by Crippen LogP contribution is 2.22. The Hall–Kier alpha value is -2.24. The molecular formula is C20H25ClN2O3. The predicted octanol–water partition coefficient (Wildman–Crippen LogP) is 3.54. The van der Waals surface area contributed by atoms with Crippen molar-refractivity contribution < 1.29 is 14.3 Å². The number of methoxy groups -OCH3 is 1. The molecule has 0 aliphatic heterocycles. The van der Waals surface area contributed by atoms with Gasteiger partial charge in [-0.05, 0) is 63.0 Å². The number of carbonyl (C=O) groups excluding carboxylic acids is 1. The van der Waals surface area contributed by atoms with E-state index in [1.165, 1.54) is 0 Å². The highest BCUT2D eigenvalue weighted by molar-refractivity contribution is 6.30. The molecule has 0 saturated heterocycles. The van der Waals surface area contributed by atoms with Crippen molar-refractivity contribution in [2.45, 2.75) is 19.1 Å². The second-order valence-corrected chi connectivity index (χ2v) is 6.65. The maximum atomic E-state index is 12.4. The molecule has 0 radical (unpaired) electrons. The number of halogens is 1. The first-order chi connectivity index (χ1) is 12.4. The second kappa shape index (κ2) is 9.46. The first-order valence-electron chi connectivity index (χ1n) is 8.41. The van der Waals surface area contributed by atoms with Crippen molar-refractivity contribution in [3.05, 3.63) is 59.1 Å². The van der Waals surface area contributed by atoms with Gasteiger partial charge in [0.1, 0.15) is 11.5 Å². The van der Waals surface area contributed by atoms with Gasteiger partial charge in [0.05, 0.1) is 13.2 Å². The average Bonchev–Trinajstić information content (AvgIpc) is 2.63. The summed E-state index contributed by atoms with van der Waals surface area (Å²) in [7, 11) is 5.59. The molecule has 6 heteroatoms. The molecule has 0 bridgehead atoms. The summed E-state index contributed by atoms with van der Waals surface area (Å²) in [5, 5.41) is 3.59. The number of hydrogen-bond acceptors (Lipinski definition) is 4. The van der Waals surface area contributed by atoms with Crippen LogP contribution in [-0.2, 0) is 4.79 Å². The standard InChI is InChI=1S/C20H25ClN2O3/c1-14(26-17-10-8-16(21)9-11-17)20(24)22-13-19(23(2)3)15-6-5-7-18(12-15)25-4/h5-12,14,19H,13H2,1-4H3,(H,22,24). The Kier molecular flexibility index (Phi) is 7.30. The van der Waals surface area contributed by atoms with E-state index in [1.807, 2.05) is 38.4 Å². The molecule has 0 fully saturated rings. The minimum atomic E-state index is -0.607. The molecule has 2 rings (SSSR count). The molecule has 0 heterocycles. The van der Waals surface area contributed by atoms with E-state index in [9.17, 15) is 4.79 Å². The molecule has 26 heavy (non-hydrogen) atoms. The number of nitrogens with one attached hydrogen (secondary N) is 1. The Balaban J connectivity index is 1.96. The Morgan fingerprint density at radius 3 is 2.46 bits per heavy atom. The number of amides is 1. The van der Waals surface area contributed by atoms with Gasteiger partial charge in [0, 0.05) is 11.6 Å². The number of likely N-dealkylation sites (N-methyl/N-ethyl adjacent to an activating group) is 1. The van der Waals surface area contributed by atoms with Crippen LogP contribution in [0.4, 0.5) is 0 Å². The first kappa shape index (κ1) is 20.1. The summed E-state index contributed by atoms with van der Waals surface area (Å²) in [6.07, 6.45) is -0.607. The van der Waals surface area contributed by atoms with E-state index in [2.05, 4.69) is 10.2 Å². The van der Waals surface area contributed by atoms with Gasteiger partial charge >= 0.3 is 0 Å². The lowest BCUT2D eigenvalue weighted by Crippen LogP contribution is -2.41. The van der Waals surface area contributed by atoms with Crippen molar-refractivity contribution in [3.8, 4) is 11.5 Å². The molecule has 5 nitrogen and oxygen atoms in total. The van der Waals surface area contributed by atoms with Crippen LogP contribution in [0.3, 0.4) is 0 Å². The number of hydrogen-bond donors (Lipinski definition) is 1. The summed E-state index contributed by atoms with van der Waals surface area (Å²) in [5.41, 5.74) is 1.07. The van der Waals surface area contributed by atoms with Crippen molar-refractivity contribution in [1.29, 1.82) is 0 Å². The largest absolute Gasteiger partial charge is 0.497 e. The van der Waals surface area contributed by atoms with Crippen LogP contribution in [0.2, 0.25) is 5.02 Å². The summed E-state index contributed by atoms with van der Waals surface area (Å²) in [4.78, 5) is 14.4. The van der Waals surface area contributed by atoms with Gasteiger partial charge < -0.3 is 19.7 Å². The zero-order chi connectivity index (χ0) is 19.1. The zero-order valence-electron chi connectivity index (χ0n) is 15.5. The summed E-state index contributed by atoms with van der Waals surface area (Å²) in [6, 6.07) is 14.8. The Labute approximate surface area is 159 Å². The lowest BCUT2D eigenvalue weighted by molar-refractivity contribution is -0.127. The molecule has 0 spiro atoms. The first-order valence-corrected chi connectivity index (χ1v) is 8.79. The van der Waals surface area contributed by atoms with Gasteiger partial charge in [0.2, 0.25) is 0 Å². The topological polar surface area (TPSA) is 50.8 Å². The van der Waals surface area contributed by atoms with E-state index in [0.717, 1.165) is 11.3 Å². The van der Waals surface area contributed by atoms with Crippen LogP contribution < -0.4 is 14.8 Å². The maximum Gasteiger partial charge on any atom is 0.260 e. The van der Waals surface area contributed by atoms with Crippen molar-refractivity contribution in [2.24, 2.45) is 0 Å². The fourth-order valence-corrected chi connectivity index (χ4v) is 2.69. The average molecular weight is 377 g/mol. The summed E-state index contributed by atoms with van der Waals surface area (Å²) in [6.45, 7) is 2.19. The molecule has 0 aliphatic carbocycles. The van der Waals surface area contributed by atoms with Crippen molar-refractivity contribution in [2.75, 3.05) is 27.7 Å². The van der Waals surface area contributed by atoms with Crippen LogP contribution in [0, 0.1) is 0 Å². The van der Waals surface area contributed by atoms with Crippen LogP contribution in [0.5, 0.6) is 11.5 Å². The van der Waals surface area contributed by atoms with E-state index < -0.39 is 6.10 Å². The third-order valence-electron chi connectivity index (χ3n) is 4.07. The lowest BCUT2D eigenvalue weighted by atomic mass is 10.1. The molecule has 2 aromatic rings. The van der Waals surface area contributed by atoms with E-state index in [0.29, 0.717) is 17.3 Å². The third-order valence-corrected chi connectivity index (χ3v) is 4.32. The van der Waals surface area contributed by atoms with Gasteiger partial charge in [-0.1, -0.05) is 23.7 Å². The minimum absolute atomic E-state index is 0.0248. The normalized spacial score (nSPS) is 13.2. The Morgan fingerprint density at radius 1 is 1.15 bits per heavy atom. The van der Waals surface area contributed by atoms with Gasteiger partial charge in [-0.3, -0.25) is 4.79 Å². The van der Waals surface area contributed by atoms with E-state index >= 15 is 0 Å². The van der Waals surface area contributed by atoms with Crippen LogP contribution >= 0.6 is 11.6 Å². The predicted molar refractivity (Wildman–Crippen MR) is 104 cm³/mol. The van der Waals surface area contributed by atoms with Gasteiger partial charge in [-0.25, -0.2) is 0 Å². The van der Waals surface area contributed by atoms with Gasteiger partial charge in [0.25, 0.3) is 5.91 Å². The molecule has 2 atom stereocenters. The minimum Gasteiger partial charge on any atom is -0.497 e. The zero-order valence-corrected chi connectivity index (χ0v) is 16.3. The molecule has 1 amide bonds. The van der Waals surface area contributed by atoms with Gasteiger partial charge in [-0.2, -0.15) is 0 Å². The monoisotopic (exact) mass is 376 g/mol. The van der Waals surface area contributed by atoms with Crippen LogP contribution in [0.25, 0.3) is 0 Å². The molecule has 0 aromatic heterocycles. The molecule has 0 saturated carbocycles. The van der Waals surface area contributed by atoms with Crippen molar-refractivity contribution in [3.63, 3.8) is 0 Å². The summed E-state index contributed by atoms with van der Waals surface area (Å²) < 4.78 is 10.9. The van der Waals surface area contributed by atoms with Crippen LogP contribution in [-0.4, -0.2) is 44.7 Å². The number of benzene rings is 2. The van der Waals surface area contributed by atoms with Gasteiger partial charge in [-0.15, -0.1) is 0 Å². The third kappa shape index (κ3) is 5.64. The van der Waals surface area contributed by atoms with E-state index in [1.54, 1.807) is 38.3 Å². The fourth-order valence-electron chi connectivity index (χ4n) is 2.56. The summed E-state index contributed by atoms with van der Waals surface area (Å²) in [5.74, 6) is 1.23. The highest BCUT2D eigenvalue weighted by Gasteiger charge is 2.19. The fraction of sp³-hybridized carbons (Fsp3) is 0.350. The molecule has 1 N–H and O–H groups in total. The molecule has 2 unspecified atom stereocenters. The number of rotatable bonds is 8. The molecular weight excluding hydrogens is 352 g/mol. The molecule has 140 valence electrons. The number of carbonyl (C=O) groups is 1. The summed E-state index contributed by atoms with van der Waals surface area (Å²) >= 11 is 5.86. The van der Waals surface area contributed by atoms with Crippen LogP contribution in [0.1, 0.15) is 18.5 Å². The Bertz CT molecular complexity index is 719. The van der Waals surface area contributed by atoms with E-state index in [4.69, 9.17) is 21.1 Å². The molecule has 0 aliphatic rings. The highest BCUT2D eigenvalue weighted by atomic mass is 35.5. The number of ether oxygens (including phenoxy) is 2. The smallest absolute Gasteiger partial charge is 0.260 e. The van der Waals surface area contributed by atoms with Gasteiger partial charge in [0.15, 0.2) is 6.10 Å². The SMILES string of the molecule is COc1cccc(C(CNC(=O)C(C)Oc2ccc(Cl)cc2)N(C)C)c1. The molecule has 2 aromatic carbocycles.